The molecule has 0 aromatic rings. The Bertz CT molecular complexity index is 316. The molecule has 0 spiro atoms. The topological polar surface area (TPSA) is 75.9 Å². The van der Waals surface area contributed by atoms with Gasteiger partial charge in [-0.3, -0.25) is 9.59 Å². The van der Waals surface area contributed by atoms with Crippen LogP contribution in [0.1, 0.15) is 12.8 Å². The van der Waals surface area contributed by atoms with Gasteiger partial charge in [-0.25, -0.2) is 0 Å². The summed E-state index contributed by atoms with van der Waals surface area (Å²) in [5, 5.41) is 0. The minimum absolute atomic E-state index is 0.113. The first-order valence-electron chi connectivity index (χ1n) is 6.54. The van der Waals surface area contributed by atoms with Crippen LogP contribution in [0, 0.1) is 5.92 Å². The summed E-state index contributed by atoms with van der Waals surface area (Å²) in [4.78, 5) is 27.1. The molecule has 2 fully saturated rings. The molecule has 18 heavy (non-hydrogen) atoms. The molecule has 0 aliphatic carbocycles. The second-order valence-electron chi connectivity index (χ2n) is 4.89. The van der Waals surface area contributed by atoms with Crippen molar-refractivity contribution in [3.05, 3.63) is 0 Å². The third-order valence-electron chi connectivity index (χ3n) is 3.59. The van der Waals surface area contributed by atoms with Gasteiger partial charge in [-0.1, -0.05) is 0 Å². The van der Waals surface area contributed by atoms with Crippen LogP contribution in [0.15, 0.2) is 0 Å². The van der Waals surface area contributed by atoms with Crippen LogP contribution in [0.2, 0.25) is 0 Å². The third-order valence-corrected chi connectivity index (χ3v) is 3.59. The number of morpholine rings is 1. The molecule has 2 amide bonds. The molecule has 2 rings (SSSR count). The van der Waals surface area contributed by atoms with Gasteiger partial charge in [-0.05, 0) is 12.5 Å². The van der Waals surface area contributed by atoms with Crippen molar-refractivity contribution in [2.24, 2.45) is 11.7 Å². The first kappa shape index (κ1) is 13.3. The molecular formula is C12H21N3O3. The normalized spacial score (nSPS) is 24.7. The summed E-state index contributed by atoms with van der Waals surface area (Å²) in [6.45, 7) is 4.32. The molecule has 1 atom stereocenters. The van der Waals surface area contributed by atoms with Gasteiger partial charge in [0.2, 0.25) is 11.8 Å². The van der Waals surface area contributed by atoms with E-state index in [2.05, 4.69) is 0 Å². The first-order chi connectivity index (χ1) is 8.70. The van der Waals surface area contributed by atoms with Crippen molar-refractivity contribution in [2.75, 3.05) is 45.9 Å². The average Bonchev–Trinajstić information content (AvgIpc) is 2.77. The molecular weight excluding hydrogens is 234 g/mol. The Morgan fingerprint density at radius 1 is 1.39 bits per heavy atom. The summed E-state index contributed by atoms with van der Waals surface area (Å²) in [5.41, 5.74) is 5.56. The van der Waals surface area contributed by atoms with Crippen molar-refractivity contribution < 1.29 is 14.3 Å². The van der Waals surface area contributed by atoms with Crippen LogP contribution in [-0.2, 0) is 14.3 Å². The van der Waals surface area contributed by atoms with Crippen molar-refractivity contribution in [3.63, 3.8) is 0 Å². The Balaban J connectivity index is 1.74. The third kappa shape index (κ3) is 3.20. The second-order valence-corrected chi connectivity index (χ2v) is 4.89. The van der Waals surface area contributed by atoms with Crippen molar-refractivity contribution in [1.82, 2.24) is 9.80 Å². The number of hydrogen-bond acceptors (Lipinski definition) is 4. The van der Waals surface area contributed by atoms with E-state index >= 15 is 0 Å². The predicted octanol–water partition coefficient (Wildman–Crippen LogP) is -0.957. The Hall–Kier alpha value is -1.14. The molecule has 2 saturated heterocycles. The summed E-state index contributed by atoms with van der Waals surface area (Å²) in [5.74, 6) is 0.499. The molecule has 0 aromatic heterocycles. The Labute approximate surface area is 107 Å². The van der Waals surface area contributed by atoms with Crippen molar-refractivity contribution in [3.8, 4) is 0 Å². The van der Waals surface area contributed by atoms with Crippen LogP contribution < -0.4 is 5.73 Å². The van der Waals surface area contributed by atoms with Crippen molar-refractivity contribution in [2.45, 2.75) is 12.8 Å². The van der Waals surface area contributed by atoms with Gasteiger partial charge in [0.15, 0.2) is 0 Å². The number of carbonyl (C=O) groups is 2. The zero-order valence-electron chi connectivity index (χ0n) is 10.6. The molecule has 6 heteroatoms. The van der Waals surface area contributed by atoms with E-state index in [1.165, 1.54) is 0 Å². The largest absolute Gasteiger partial charge is 0.378 e. The fourth-order valence-corrected chi connectivity index (χ4v) is 2.43. The van der Waals surface area contributed by atoms with Crippen LogP contribution >= 0.6 is 0 Å². The Kier molecular flexibility index (Phi) is 4.54. The number of amides is 2. The van der Waals surface area contributed by atoms with E-state index in [9.17, 15) is 9.59 Å². The van der Waals surface area contributed by atoms with E-state index in [1.54, 1.807) is 4.90 Å². The lowest BCUT2D eigenvalue weighted by molar-refractivity contribution is -0.136. The molecule has 1 unspecified atom stereocenters. The first-order valence-corrected chi connectivity index (χ1v) is 6.54. The number of nitrogens with two attached hydrogens (primary N) is 1. The minimum atomic E-state index is 0.113. The highest BCUT2D eigenvalue weighted by Crippen LogP contribution is 2.16. The number of nitrogens with zero attached hydrogens (tertiary/aromatic N) is 2. The number of hydrogen-bond donors (Lipinski definition) is 1. The molecule has 2 aliphatic rings. The lowest BCUT2D eigenvalue weighted by atomic mass is 10.1. The summed E-state index contributed by atoms with van der Waals surface area (Å²) < 4.78 is 5.20. The number of likely N-dealkylation sites (tertiary alicyclic amines) is 1. The van der Waals surface area contributed by atoms with Crippen molar-refractivity contribution in [1.29, 1.82) is 0 Å². The van der Waals surface area contributed by atoms with Gasteiger partial charge >= 0.3 is 0 Å². The minimum Gasteiger partial charge on any atom is -0.378 e. The predicted molar refractivity (Wildman–Crippen MR) is 65.8 cm³/mol. The number of rotatable bonds is 4. The van der Waals surface area contributed by atoms with Crippen LogP contribution in [0.3, 0.4) is 0 Å². The molecule has 0 saturated carbocycles. The molecule has 2 N–H and O–H groups in total. The molecule has 0 radical (unpaired) electrons. The van der Waals surface area contributed by atoms with E-state index in [0.29, 0.717) is 58.8 Å². The van der Waals surface area contributed by atoms with Gasteiger partial charge in [0.1, 0.15) is 0 Å². The van der Waals surface area contributed by atoms with Gasteiger partial charge in [-0.15, -0.1) is 0 Å². The Morgan fingerprint density at radius 3 is 2.72 bits per heavy atom. The quantitative estimate of drug-likeness (QED) is 0.702. The zero-order chi connectivity index (χ0) is 13.0. The fourth-order valence-electron chi connectivity index (χ4n) is 2.43. The van der Waals surface area contributed by atoms with Crippen LogP contribution in [0.25, 0.3) is 0 Å². The lowest BCUT2D eigenvalue weighted by Gasteiger charge is -2.27. The van der Waals surface area contributed by atoms with Crippen LogP contribution in [0.5, 0.6) is 0 Å². The highest BCUT2D eigenvalue weighted by Gasteiger charge is 2.29. The summed E-state index contributed by atoms with van der Waals surface area (Å²) in [7, 11) is 0. The number of ether oxygens (including phenoxy) is 1. The van der Waals surface area contributed by atoms with E-state index < -0.39 is 0 Å². The van der Waals surface area contributed by atoms with E-state index in [4.69, 9.17) is 10.5 Å². The lowest BCUT2D eigenvalue weighted by Crippen LogP contribution is -2.42. The standard InChI is InChI=1S/C12H21N3O3/c13-8-10-7-12(17)15(9-10)2-1-11(16)14-3-5-18-6-4-14/h10H,1-9,13H2. The smallest absolute Gasteiger partial charge is 0.224 e. The van der Waals surface area contributed by atoms with Crippen LogP contribution in [0.4, 0.5) is 0 Å². The Morgan fingerprint density at radius 2 is 2.11 bits per heavy atom. The molecule has 0 aromatic carbocycles. The van der Waals surface area contributed by atoms with E-state index in [-0.39, 0.29) is 17.7 Å². The van der Waals surface area contributed by atoms with E-state index in [1.807, 2.05) is 4.90 Å². The highest BCUT2D eigenvalue weighted by atomic mass is 16.5. The van der Waals surface area contributed by atoms with Gasteiger partial charge in [0.25, 0.3) is 0 Å². The van der Waals surface area contributed by atoms with E-state index in [0.717, 1.165) is 0 Å². The van der Waals surface area contributed by atoms with Gasteiger partial charge in [0.05, 0.1) is 13.2 Å². The monoisotopic (exact) mass is 255 g/mol. The molecule has 2 heterocycles. The SMILES string of the molecule is NCC1CC(=O)N(CCC(=O)N2CCOCC2)C1. The maximum atomic E-state index is 11.9. The maximum Gasteiger partial charge on any atom is 0.224 e. The summed E-state index contributed by atoms with van der Waals surface area (Å²) in [6, 6.07) is 0. The van der Waals surface area contributed by atoms with Gasteiger partial charge in [0, 0.05) is 39.0 Å². The molecule has 6 nitrogen and oxygen atoms in total. The number of carbonyl (C=O) groups excluding carboxylic acids is 2. The summed E-state index contributed by atoms with van der Waals surface area (Å²) >= 11 is 0. The molecule has 0 bridgehead atoms. The highest BCUT2D eigenvalue weighted by molar-refractivity contribution is 5.80. The zero-order valence-corrected chi connectivity index (χ0v) is 10.6. The molecule has 2 aliphatic heterocycles. The van der Waals surface area contributed by atoms with Crippen LogP contribution in [-0.4, -0.2) is 67.6 Å². The van der Waals surface area contributed by atoms with Gasteiger partial charge in [-0.2, -0.15) is 0 Å². The molecule has 102 valence electrons. The fraction of sp³-hybridized carbons (Fsp3) is 0.833. The van der Waals surface area contributed by atoms with Crippen molar-refractivity contribution >= 4 is 11.8 Å². The van der Waals surface area contributed by atoms with Gasteiger partial charge < -0.3 is 20.3 Å². The average molecular weight is 255 g/mol. The second kappa shape index (κ2) is 6.15. The summed E-state index contributed by atoms with van der Waals surface area (Å²) in [6.07, 6.45) is 0.936. The maximum absolute atomic E-state index is 11.9.